The summed E-state index contributed by atoms with van der Waals surface area (Å²) in [5, 5.41) is 12.8. The second-order valence-electron chi connectivity index (χ2n) is 9.50. The van der Waals surface area contributed by atoms with Crippen molar-refractivity contribution in [2.45, 2.75) is 57.5 Å². The summed E-state index contributed by atoms with van der Waals surface area (Å²) < 4.78 is 19.4. The van der Waals surface area contributed by atoms with Crippen molar-refractivity contribution in [3.63, 3.8) is 0 Å². The van der Waals surface area contributed by atoms with Crippen molar-refractivity contribution in [2.24, 2.45) is 0 Å². The Kier molecular flexibility index (Phi) is 6.60. The van der Waals surface area contributed by atoms with Crippen LogP contribution < -0.4 is 14.8 Å². The maximum absolute atomic E-state index is 13.2. The zero-order valence-electron chi connectivity index (χ0n) is 20.3. The number of benzene rings is 1. The van der Waals surface area contributed by atoms with Crippen LogP contribution in [0.3, 0.4) is 0 Å². The Morgan fingerprint density at radius 3 is 3.06 bits per heavy atom. The zero-order valence-corrected chi connectivity index (χ0v) is 21.1. The molecule has 1 saturated heterocycles. The average molecular weight is 511 g/mol. The first-order valence-corrected chi connectivity index (χ1v) is 13.3. The predicted molar refractivity (Wildman–Crippen MR) is 132 cm³/mol. The van der Waals surface area contributed by atoms with E-state index in [1.807, 2.05) is 17.5 Å². The molecule has 0 spiro atoms. The number of likely N-dealkylation sites (tertiary alicyclic amines) is 1. The summed E-state index contributed by atoms with van der Waals surface area (Å²) in [6.07, 6.45) is 6.41. The normalized spacial score (nSPS) is 22.5. The number of hydrogen-bond donors (Lipinski definition) is 1. The number of aromatic nitrogens is 4. The average Bonchev–Trinajstić information content (AvgIpc) is 3.60. The number of amides is 1. The highest BCUT2D eigenvalue weighted by Crippen LogP contribution is 2.30. The van der Waals surface area contributed by atoms with E-state index in [-0.39, 0.29) is 18.1 Å². The minimum absolute atomic E-state index is 0.160. The van der Waals surface area contributed by atoms with E-state index < -0.39 is 0 Å². The van der Waals surface area contributed by atoms with Gasteiger partial charge in [0.25, 0.3) is 5.91 Å². The van der Waals surface area contributed by atoms with Gasteiger partial charge in [-0.15, -0.1) is 16.4 Å². The lowest BCUT2D eigenvalue weighted by Gasteiger charge is -2.20. The summed E-state index contributed by atoms with van der Waals surface area (Å²) in [6, 6.07) is 5.07. The number of aryl methyl sites for hydroxylation is 2. The lowest BCUT2D eigenvalue weighted by atomic mass is 10.0. The monoisotopic (exact) mass is 510 g/mol. The van der Waals surface area contributed by atoms with Crippen molar-refractivity contribution < 1.29 is 19.0 Å². The molecule has 2 aliphatic heterocycles. The quantitative estimate of drug-likeness (QED) is 0.572. The molecular formula is C25H30N6O4S. The molecule has 36 heavy (non-hydrogen) atoms. The van der Waals surface area contributed by atoms with Gasteiger partial charge in [-0.05, 0) is 43.9 Å². The summed E-state index contributed by atoms with van der Waals surface area (Å²) in [5.74, 6) is 0.940. The highest BCUT2D eigenvalue weighted by molar-refractivity contribution is 7.11. The Morgan fingerprint density at radius 1 is 1.25 bits per heavy atom. The molecule has 10 nitrogen and oxygen atoms in total. The second kappa shape index (κ2) is 10.2. The molecule has 1 aliphatic carbocycles. The van der Waals surface area contributed by atoms with E-state index in [4.69, 9.17) is 19.2 Å². The molecule has 3 aliphatic rings. The molecule has 11 heteroatoms. The van der Waals surface area contributed by atoms with Gasteiger partial charge in [0.15, 0.2) is 11.5 Å². The van der Waals surface area contributed by atoms with Crippen LogP contribution in [0, 0.1) is 0 Å². The lowest BCUT2D eigenvalue weighted by molar-refractivity contribution is 0.0293. The molecule has 0 unspecified atom stereocenters. The molecule has 1 N–H and O–H groups in total. The third-order valence-corrected chi connectivity index (χ3v) is 8.08. The molecule has 3 aromatic rings. The number of carbonyl (C=O) groups is 1. The minimum Gasteiger partial charge on any atom is -0.493 e. The number of methoxy groups -OCH3 is 1. The van der Waals surface area contributed by atoms with Gasteiger partial charge in [-0.3, -0.25) is 9.69 Å². The fraction of sp³-hybridized carbons (Fsp3) is 0.520. The lowest BCUT2D eigenvalue weighted by Crippen LogP contribution is -2.44. The first kappa shape index (κ1) is 23.4. The maximum Gasteiger partial charge on any atom is 0.251 e. The SMILES string of the molecule is COc1ccc2cc1OCCn1cc(nn1)CO[C@H]1CN(Cc3nc4c(s3)CCCC4)C[C@@H]1NC2=O. The highest BCUT2D eigenvalue weighted by Gasteiger charge is 2.36. The van der Waals surface area contributed by atoms with Crippen LogP contribution in [0.2, 0.25) is 0 Å². The van der Waals surface area contributed by atoms with Gasteiger partial charge in [-0.25, -0.2) is 9.67 Å². The summed E-state index contributed by atoms with van der Waals surface area (Å²) >= 11 is 1.83. The maximum atomic E-state index is 13.2. The molecular weight excluding hydrogens is 480 g/mol. The van der Waals surface area contributed by atoms with Crippen LogP contribution in [0.25, 0.3) is 0 Å². The largest absolute Gasteiger partial charge is 0.493 e. The van der Waals surface area contributed by atoms with E-state index in [9.17, 15) is 4.79 Å². The Morgan fingerprint density at radius 2 is 2.17 bits per heavy atom. The second-order valence-corrected chi connectivity index (χ2v) is 10.7. The van der Waals surface area contributed by atoms with Crippen molar-refractivity contribution in [1.29, 1.82) is 0 Å². The summed E-state index contributed by atoms with van der Waals surface area (Å²) in [5.41, 5.74) is 2.55. The molecule has 190 valence electrons. The number of hydrogen-bond acceptors (Lipinski definition) is 9. The first-order valence-electron chi connectivity index (χ1n) is 12.5. The zero-order chi connectivity index (χ0) is 24.5. The summed E-state index contributed by atoms with van der Waals surface area (Å²) in [7, 11) is 1.59. The third kappa shape index (κ3) is 4.95. The number of fused-ring (bicyclic) bond motifs is 6. The van der Waals surface area contributed by atoms with Gasteiger partial charge in [0.05, 0.1) is 50.8 Å². The minimum atomic E-state index is -0.173. The molecule has 0 saturated carbocycles. The van der Waals surface area contributed by atoms with Crippen LogP contribution in [-0.2, 0) is 37.3 Å². The van der Waals surface area contributed by atoms with Gasteiger partial charge < -0.3 is 19.5 Å². The number of nitrogens with zero attached hydrogens (tertiary/aromatic N) is 5. The van der Waals surface area contributed by atoms with Gasteiger partial charge in [-0.2, -0.15) is 0 Å². The number of nitrogens with one attached hydrogen (secondary N) is 1. The Balaban J connectivity index is 1.23. The Hall–Kier alpha value is -3.02. The summed E-state index contributed by atoms with van der Waals surface area (Å²) in [4.78, 5) is 21.9. The molecule has 1 aromatic carbocycles. The van der Waals surface area contributed by atoms with Gasteiger partial charge >= 0.3 is 0 Å². The van der Waals surface area contributed by atoms with Crippen molar-refractivity contribution >= 4 is 17.2 Å². The van der Waals surface area contributed by atoms with Crippen molar-refractivity contribution in [2.75, 3.05) is 26.8 Å². The number of rotatable bonds is 3. The number of ether oxygens (including phenoxy) is 3. The molecule has 6 rings (SSSR count). The van der Waals surface area contributed by atoms with Crippen LogP contribution in [0.5, 0.6) is 11.5 Å². The highest BCUT2D eigenvalue weighted by atomic mass is 32.1. The third-order valence-electron chi connectivity index (χ3n) is 6.94. The van der Waals surface area contributed by atoms with Crippen LogP contribution >= 0.6 is 11.3 Å². The van der Waals surface area contributed by atoms with E-state index >= 15 is 0 Å². The van der Waals surface area contributed by atoms with E-state index in [1.54, 1.807) is 30.0 Å². The smallest absolute Gasteiger partial charge is 0.251 e. The fourth-order valence-corrected chi connectivity index (χ4v) is 6.29. The van der Waals surface area contributed by atoms with Gasteiger partial charge in [-0.1, -0.05) is 5.21 Å². The van der Waals surface area contributed by atoms with Crippen LogP contribution in [0.4, 0.5) is 0 Å². The van der Waals surface area contributed by atoms with Crippen molar-refractivity contribution in [3.8, 4) is 11.5 Å². The van der Waals surface area contributed by atoms with Crippen LogP contribution in [0.15, 0.2) is 24.4 Å². The number of thiazole rings is 1. The van der Waals surface area contributed by atoms with E-state index in [0.717, 1.165) is 30.1 Å². The molecule has 4 bridgehead atoms. The predicted octanol–water partition coefficient (Wildman–Crippen LogP) is 2.21. The van der Waals surface area contributed by atoms with Crippen LogP contribution in [0.1, 0.15) is 44.5 Å². The molecule has 4 heterocycles. The van der Waals surface area contributed by atoms with Crippen molar-refractivity contribution in [1.82, 2.24) is 30.2 Å². The topological polar surface area (TPSA) is 104 Å². The molecule has 1 amide bonds. The molecule has 2 aromatic heterocycles. The molecule has 2 atom stereocenters. The van der Waals surface area contributed by atoms with E-state index in [0.29, 0.717) is 49.9 Å². The van der Waals surface area contributed by atoms with Gasteiger partial charge in [0.1, 0.15) is 17.3 Å². The van der Waals surface area contributed by atoms with Gasteiger partial charge in [0.2, 0.25) is 0 Å². The Labute approximate surface area is 213 Å². The van der Waals surface area contributed by atoms with Crippen molar-refractivity contribution in [3.05, 3.63) is 51.2 Å². The fourth-order valence-electron chi connectivity index (χ4n) is 5.09. The Bertz CT molecular complexity index is 1220. The van der Waals surface area contributed by atoms with E-state index in [1.165, 1.54) is 23.4 Å². The standard InChI is InChI=1S/C25H30N6O4S/c1-33-20-7-6-16-10-21(20)34-9-8-31-11-17(28-29-31)15-35-22-13-30(12-19(22)27-25(16)32)14-24-26-18-4-2-3-5-23(18)36-24/h6-7,10-11,19,22H,2-5,8-9,12-15H2,1H3,(H,27,32)/t19-,22-/m0/s1. The molecule has 0 radical (unpaired) electrons. The molecule has 1 fully saturated rings. The first-order chi connectivity index (χ1) is 17.6. The number of carbonyl (C=O) groups excluding carboxylic acids is 1. The summed E-state index contributed by atoms with van der Waals surface area (Å²) in [6.45, 7) is 3.38. The van der Waals surface area contributed by atoms with Gasteiger partial charge in [0, 0.05) is 23.5 Å². The van der Waals surface area contributed by atoms with E-state index in [2.05, 4.69) is 20.5 Å². The van der Waals surface area contributed by atoms with Crippen LogP contribution in [-0.4, -0.2) is 69.7 Å².